The number of allylic oxidation sites excluding steroid dienone is 1. The predicted octanol–water partition coefficient (Wildman–Crippen LogP) is 1.61. The quantitative estimate of drug-likeness (QED) is 0.458. The van der Waals surface area contributed by atoms with Crippen molar-refractivity contribution in [3.05, 3.63) is 11.1 Å². The average Bonchev–Trinajstić information content (AvgIpc) is 1.78. The normalized spacial score (nSPS) is 20.8. The second-order valence-corrected chi connectivity index (χ2v) is 3.60. The largest absolute Gasteiger partial charge is 0.435 e. The van der Waals surface area contributed by atoms with Gasteiger partial charge in [-0.05, 0) is 13.8 Å². The first-order valence-electron chi connectivity index (χ1n) is 4.02. The van der Waals surface area contributed by atoms with Crippen LogP contribution < -0.4 is 0 Å². The van der Waals surface area contributed by atoms with Crippen LogP contribution in [0.5, 0.6) is 0 Å². The zero-order chi connectivity index (χ0) is 10.2. The maximum absolute atomic E-state index is 11.4. The van der Waals surface area contributed by atoms with E-state index in [0.717, 1.165) is 5.57 Å². The van der Waals surface area contributed by atoms with E-state index in [9.17, 15) is 4.79 Å². The van der Waals surface area contributed by atoms with Crippen molar-refractivity contribution in [1.29, 1.82) is 5.41 Å². The molecule has 0 atom stereocenters. The summed E-state index contributed by atoms with van der Waals surface area (Å²) in [5, 5.41) is 7.48. The molecule has 1 heterocycles. The lowest BCUT2D eigenvalue weighted by Crippen LogP contribution is -2.41. The molecule has 72 valence electrons. The van der Waals surface area contributed by atoms with Gasteiger partial charge in [0.2, 0.25) is 5.90 Å². The molecule has 0 aromatic rings. The Balaban J connectivity index is 3.04. The van der Waals surface area contributed by atoms with Crippen molar-refractivity contribution >= 4 is 11.9 Å². The van der Waals surface area contributed by atoms with Crippen molar-refractivity contribution in [2.24, 2.45) is 0 Å². The standard InChI is InChI=1S/C9H13NO3/c1-5(2)6-7(10)12-9(3,4)13-8(6)11/h10H,1-4H3. The molecule has 1 rings (SSSR count). The molecule has 0 aromatic carbocycles. The molecule has 4 nitrogen and oxygen atoms in total. The zero-order valence-electron chi connectivity index (χ0n) is 8.22. The van der Waals surface area contributed by atoms with Crippen molar-refractivity contribution in [2.45, 2.75) is 33.5 Å². The molecule has 1 aliphatic rings. The Hall–Kier alpha value is -1.32. The summed E-state index contributed by atoms with van der Waals surface area (Å²) in [4.78, 5) is 11.4. The minimum atomic E-state index is -1.02. The van der Waals surface area contributed by atoms with Crippen LogP contribution in [0.15, 0.2) is 11.1 Å². The van der Waals surface area contributed by atoms with Crippen molar-refractivity contribution < 1.29 is 14.3 Å². The van der Waals surface area contributed by atoms with E-state index in [-0.39, 0.29) is 11.5 Å². The summed E-state index contributed by atoms with van der Waals surface area (Å²) in [5.74, 6) is -1.62. The van der Waals surface area contributed by atoms with Gasteiger partial charge in [-0.3, -0.25) is 5.41 Å². The number of hydrogen-bond donors (Lipinski definition) is 1. The second kappa shape index (κ2) is 2.87. The van der Waals surface area contributed by atoms with Gasteiger partial charge in [-0.2, -0.15) is 0 Å². The molecule has 0 bridgehead atoms. The van der Waals surface area contributed by atoms with E-state index in [1.54, 1.807) is 27.7 Å². The fraction of sp³-hybridized carbons (Fsp3) is 0.556. The molecule has 0 spiro atoms. The van der Waals surface area contributed by atoms with Crippen LogP contribution in [0, 0.1) is 5.41 Å². The Morgan fingerprint density at radius 3 is 2.23 bits per heavy atom. The van der Waals surface area contributed by atoms with Crippen molar-refractivity contribution in [2.75, 3.05) is 0 Å². The first-order chi connectivity index (χ1) is 5.83. The van der Waals surface area contributed by atoms with E-state index in [0.29, 0.717) is 0 Å². The minimum Gasteiger partial charge on any atom is -0.435 e. The van der Waals surface area contributed by atoms with Gasteiger partial charge in [0, 0.05) is 13.8 Å². The third-order valence-corrected chi connectivity index (χ3v) is 1.62. The summed E-state index contributed by atoms with van der Waals surface area (Å²) in [6.45, 7) is 6.68. The van der Waals surface area contributed by atoms with Gasteiger partial charge in [-0.15, -0.1) is 0 Å². The topological polar surface area (TPSA) is 59.4 Å². The predicted molar refractivity (Wildman–Crippen MR) is 47.4 cm³/mol. The molecule has 0 saturated carbocycles. The van der Waals surface area contributed by atoms with E-state index in [1.165, 1.54) is 0 Å². The summed E-state index contributed by atoms with van der Waals surface area (Å²) in [5.41, 5.74) is 0.949. The molecule has 0 radical (unpaired) electrons. The smallest absolute Gasteiger partial charge is 0.346 e. The van der Waals surface area contributed by atoms with Crippen LogP contribution in [0.3, 0.4) is 0 Å². The first-order valence-corrected chi connectivity index (χ1v) is 4.02. The lowest BCUT2D eigenvalue weighted by atomic mass is 10.1. The second-order valence-electron chi connectivity index (χ2n) is 3.60. The summed E-state index contributed by atoms with van der Waals surface area (Å²) in [7, 11) is 0. The third-order valence-electron chi connectivity index (χ3n) is 1.62. The molecule has 0 aliphatic carbocycles. The number of nitrogens with one attached hydrogen (secondary N) is 1. The van der Waals surface area contributed by atoms with Gasteiger partial charge in [0.1, 0.15) is 5.57 Å². The van der Waals surface area contributed by atoms with Crippen LogP contribution in [-0.2, 0) is 14.3 Å². The molecule has 0 aromatic heterocycles. The van der Waals surface area contributed by atoms with Gasteiger partial charge >= 0.3 is 5.97 Å². The molecule has 1 aliphatic heterocycles. The molecular weight excluding hydrogens is 170 g/mol. The molecule has 0 amide bonds. The van der Waals surface area contributed by atoms with E-state index >= 15 is 0 Å². The number of cyclic esters (lactones) is 1. The Bertz CT molecular complexity index is 276. The average molecular weight is 183 g/mol. The van der Waals surface area contributed by atoms with E-state index in [1.807, 2.05) is 0 Å². The van der Waals surface area contributed by atoms with Crippen molar-refractivity contribution in [3.63, 3.8) is 0 Å². The SMILES string of the molecule is CC(C)=C1C(=N)OC(C)(C)OC1=O. The molecule has 13 heavy (non-hydrogen) atoms. The Morgan fingerprint density at radius 1 is 1.31 bits per heavy atom. The number of ether oxygens (including phenoxy) is 2. The Morgan fingerprint density at radius 2 is 1.85 bits per heavy atom. The monoisotopic (exact) mass is 183 g/mol. The maximum atomic E-state index is 11.4. The van der Waals surface area contributed by atoms with Crippen LogP contribution in [0.4, 0.5) is 0 Å². The van der Waals surface area contributed by atoms with Crippen LogP contribution in [0.1, 0.15) is 27.7 Å². The number of carbonyl (C=O) groups excluding carboxylic acids is 1. The number of hydrogen-bond acceptors (Lipinski definition) is 4. The highest BCUT2D eigenvalue weighted by molar-refractivity contribution is 6.17. The zero-order valence-corrected chi connectivity index (χ0v) is 8.22. The van der Waals surface area contributed by atoms with Gasteiger partial charge in [0.05, 0.1) is 0 Å². The van der Waals surface area contributed by atoms with Crippen molar-refractivity contribution in [1.82, 2.24) is 0 Å². The summed E-state index contributed by atoms with van der Waals surface area (Å²) >= 11 is 0. The van der Waals surface area contributed by atoms with Gasteiger partial charge in [-0.25, -0.2) is 4.79 Å². The highest BCUT2D eigenvalue weighted by Gasteiger charge is 2.37. The van der Waals surface area contributed by atoms with Crippen molar-refractivity contribution in [3.8, 4) is 0 Å². The van der Waals surface area contributed by atoms with Crippen LogP contribution in [0.25, 0.3) is 0 Å². The number of carbonyl (C=O) groups is 1. The minimum absolute atomic E-state index is 0.110. The third kappa shape index (κ3) is 1.88. The maximum Gasteiger partial charge on any atom is 0.346 e. The molecular formula is C9H13NO3. The Kier molecular flexibility index (Phi) is 2.15. The first kappa shape index (κ1) is 9.77. The molecule has 4 heteroatoms. The molecule has 0 unspecified atom stereocenters. The molecule has 1 saturated heterocycles. The van der Waals surface area contributed by atoms with Crippen LogP contribution in [-0.4, -0.2) is 17.7 Å². The highest BCUT2D eigenvalue weighted by Crippen LogP contribution is 2.24. The van der Waals surface area contributed by atoms with Gasteiger partial charge in [0.15, 0.2) is 0 Å². The van der Waals surface area contributed by atoms with Gasteiger partial charge in [-0.1, -0.05) is 5.57 Å². The summed E-state index contributed by atoms with van der Waals surface area (Å²) < 4.78 is 10.1. The van der Waals surface area contributed by atoms with Crippen LogP contribution in [0.2, 0.25) is 0 Å². The van der Waals surface area contributed by atoms with E-state index in [4.69, 9.17) is 14.9 Å². The van der Waals surface area contributed by atoms with Gasteiger partial charge in [0.25, 0.3) is 5.79 Å². The molecule has 1 fully saturated rings. The highest BCUT2D eigenvalue weighted by atomic mass is 16.7. The van der Waals surface area contributed by atoms with E-state index < -0.39 is 11.8 Å². The fourth-order valence-corrected chi connectivity index (χ4v) is 1.12. The van der Waals surface area contributed by atoms with E-state index in [2.05, 4.69) is 0 Å². The lowest BCUT2D eigenvalue weighted by Gasteiger charge is -2.31. The summed E-state index contributed by atoms with van der Waals surface area (Å²) in [6.07, 6.45) is 0. The lowest BCUT2D eigenvalue weighted by molar-refractivity contribution is -0.192. The number of rotatable bonds is 0. The molecule has 1 N–H and O–H groups in total. The number of esters is 1. The fourth-order valence-electron chi connectivity index (χ4n) is 1.12. The Labute approximate surface area is 77.0 Å². The van der Waals surface area contributed by atoms with Crippen LogP contribution >= 0.6 is 0 Å². The van der Waals surface area contributed by atoms with Gasteiger partial charge < -0.3 is 9.47 Å². The summed E-state index contributed by atoms with van der Waals surface area (Å²) in [6, 6.07) is 0.